The van der Waals surface area contributed by atoms with Crippen LogP contribution >= 0.6 is 0 Å². The maximum atomic E-state index is 13.7. The van der Waals surface area contributed by atoms with Gasteiger partial charge in [0.05, 0.1) is 0 Å². The first kappa shape index (κ1) is 104. The van der Waals surface area contributed by atoms with Gasteiger partial charge in [-0.05, 0) is 164 Å². The Balaban J connectivity index is 0. The minimum atomic E-state index is -1.89. The van der Waals surface area contributed by atoms with Crippen molar-refractivity contribution in [1.82, 2.24) is 36.4 Å². The normalized spacial score (nSPS) is 13.8. The van der Waals surface area contributed by atoms with Crippen LogP contribution in [0.3, 0.4) is 0 Å². The lowest BCUT2D eigenvalue weighted by atomic mass is 9.92. The number of rotatable bonds is 52. The highest BCUT2D eigenvalue weighted by Gasteiger charge is 2.47. The van der Waals surface area contributed by atoms with Crippen molar-refractivity contribution in [3.63, 3.8) is 0 Å². The molecule has 8 atom stereocenters. The van der Waals surface area contributed by atoms with E-state index in [1.807, 2.05) is 83.1 Å². The van der Waals surface area contributed by atoms with E-state index in [0.29, 0.717) is 102 Å². The average molecular weight is 1560 g/mol. The minimum absolute atomic E-state index is 0.0500. The first-order chi connectivity index (χ1) is 50.6. The van der Waals surface area contributed by atoms with Crippen LogP contribution in [0.2, 0.25) is 0 Å². The van der Waals surface area contributed by atoms with Gasteiger partial charge in [-0.2, -0.15) is 0 Å². The third-order valence-corrected chi connectivity index (χ3v) is 17.1. The van der Waals surface area contributed by atoms with Gasteiger partial charge in [-0.15, -0.1) is 0 Å². The third kappa shape index (κ3) is 61.2. The van der Waals surface area contributed by atoms with E-state index in [9.17, 15) is 57.5 Å². The topological polar surface area (TPSA) is 355 Å². The summed E-state index contributed by atoms with van der Waals surface area (Å²) in [5.74, 6) is -3.12. The SMILES string of the molecule is CCC(C)CCCCC(C)CCC[C@H](C)CCC(=O)NCCNC(=O)[C@H](OC(C)=O)[C@@H](OC(C)=O)[C@H](OC(C)=O)[C@@H](COC(C)=O)OC(C)=O.CCCC(C)CCC(=O)NCCCCCCC(CN(CCCCNC(=O)OC(C)(C)C)C(=O)OC(C)(C)C)CN(CCCCNC(=O)OC(C)(C)C)C(=O)OC(C)(C)C. The van der Waals surface area contributed by atoms with Crippen molar-refractivity contribution in [3.8, 4) is 0 Å². The average Bonchev–Trinajstić information content (AvgIpc) is 0.818. The van der Waals surface area contributed by atoms with Crippen LogP contribution < -0.4 is 26.6 Å². The molecule has 0 saturated heterocycles. The van der Waals surface area contributed by atoms with Crippen LogP contribution in [0.4, 0.5) is 19.2 Å². The summed E-state index contributed by atoms with van der Waals surface area (Å²) < 4.78 is 48.3. The van der Waals surface area contributed by atoms with Crippen LogP contribution in [0.5, 0.6) is 0 Å². The molecule has 0 aliphatic carbocycles. The Hall–Kier alpha value is -7.16. The van der Waals surface area contributed by atoms with Gasteiger partial charge in [0.25, 0.3) is 5.91 Å². The first-order valence-electron chi connectivity index (χ1n) is 40.2. The quantitative estimate of drug-likeness (QED) is 0.0214. The number of unbranched alkanes of at least 4 members (excludes halogenated alkanes) is 6. The predicted octanol–water partition coefficient (Wildman–Crippen LogP) is 14.3. The number of hydrogen-bond donors (Lipinski definition) is 5. The fourth-order valence-electron chi connectivity index (χ4n) is 11.5. The summed E-state index contributed by atoms with van der Waals surface area (Å²) in [5.41, 5.74) is -2.61. The van der Waals surface area contributed by atoms with Crippen molar-refractivity contribution < 1.29 is 100 Å². The number of alkyl carbamates (subject to hydrolysis) is 2. The number of amides is 7. The zero-order valence-electron chi connectivity index (χ0n) is 71.5. The maximum absolute atomic E-state index is 13.7. The number of hydrogen-bond acceptors (Lipinski definition) is 21. The molecule has 0 bridgehead atoms. The number of nitrogens with one attached hydrogen (secondary N) is 5. The lowest BCUT2D eigenvalue weighted by molar-refractivity contribution is -0.203. The molecular weight excluding hydrogens is 1410 g/mol. The van der Waals surface area contributed by atoms with Crippen molar-refractivity contribution in [2.45, 2.75) is 354 Å². The molecule has 0 radical (unpaired) electrons. The molecule has 0 aliphatic heterocycles. The molecule has 0 fully saturated rings. The van der Waals surface area contributed by atoms with Crippen molar-refractivity contribution in [2.24, 2.45) is 29.6 Å². The molecule has 109 heavy (non-hydrogen) atoms. The van der Waals surface area contributed by atoms with Crippen LogP contribution in [0.25, 0.3) is 0 Å². The lowest BCUT2D eigenvalue weighted by Gasteiger charge is -2.34. The van der Waals surface area contributed by atoms with Gasteiger partial charge in [0.15, 0.2) is 18.3 Å². The van der Waals surface area contributed by atoms with Gasteiger partial charge in [0, 0.05) is 106 Å². The molecule has 0 aromatic carbocycles. The maximum Gasteiger partial charge on any atom is 0.410 e. The number of esters is 5. The van der Waals surface area contributed by atoms with E-state index in [4.69, 9.17) is 42.6 Å². The molecule has 0 rings (SSSR count). The fraction of sp³-hybridized carbons (Fsp3) is 0.852. The van der Waals surface area contributed by atoms with Crippen LogP contribution in [0.15, 0.2) is 0 Å². The van der Waals surface area contributed by atoms with Crippen LogP contribution in [0, 0.1) is 29.6 Å². The summed E-state index contributed by atoms with van der Waals surface area (Å²) in [6, 6.07) is 0. The van der Waals surface area contributed by atoms with Gasteiger partial charge < -0.3 is 79.0 Å². The second-order valence-corrected chi connectivity index (χ2v) is 33.2. The van der Waals surface area contributed by atoms with Gasteiger partial charge in [0.2, 0.25) is 17.9 Å². The summed E-state index contributed by atoms with van der Waals surface area (Å²) in [4.78, 5) is 153. The Kier molecular flexibility index (Phi) is 54.3. The van der Waals surface area contributed by atoms with Crippen molar-refractivity contribution in [2.75, 3.05) is 65.5 Å². The van der Waals surface area contributed by atoms with E-state index in [-0.39, 0.29) is 30.8 Å². The molecule has 0 aliphatic rings. The van der Waals surface area contributed by atoms with E-state index in [2.05, 4.69) is 68.1 Å². The van der Waals surface area contributed by atoms with E-state index >= 15 is 0 Å². The first-order valence-corrected chi connectivity index (χ1v) is 40.2. The van der Waals surface area contributed by atoms with E-state index in [0.717, 1.165) is 111 Å². The third-order valence-electron chi connectivity index (χ3n) is 17.1. The molecule has 0 saturated carbocycles. The summed E-state index contributed by atoms with van der Waals surface area (Å²) in [6.07, 6.45) is 12.6. The summed E-state index contributed by atoms with van der Waals surface area (Å²) in [7, 11) is 0. The zero-order chi connectivity index (χ0) is 83.5. The van der Waals surface area contributed by atoms with Crippen LogP contribution in [-0.4, -0.2) is 194 Å². The zero-order valence-corrected chi connectivity index (χ0v) is 71.5. The van der Waals surface area contributed by atoms with Crippen molar-refractivity contribution in [3.05, 3.63) is 0 Å². The summed E-state index contributed by atoms with van der Waals surface area (Å²) in [6.45, 7) is 42.7. The molecular formula is C81H149N7O21. The molecule has 28 heteroatoms. The van der Waals surface area contributed by atoms with Crippen LogP contribution in [-0.2, 0) is 81.0 Å². The van der Waals surface area contributed by atoms with E-state index in [1.165, 1.54) is 38.5 Å². The molecule has 0 aromatic heterocycles. The standard InChI is InChI=1S/C45H87N5O9.C36H62N2O12/c1-15-24-35(2)26-27-37(51)46-28-19-17-16-18-25-36(33-49(40(54)58-44(9,10)11)31-22-20-29-47-38(52)56-42(3,4)5)34-50(41(55)59-45(12,13)14)32-23-21-30-48-39(53)57-43(6,7)8;1-10-23(2)14-11-12-15-24(3)16-13-17-25(4)18-19-32(44)37-20-21-38-36(45)35(50-30(9)43)34(49-29(8)42)33(48-28(7)41)31(47-27(6)40)22-46-26(5)39/h35-36H,15-34H2,1-14H3,(H,46,51)(H,47,52)(H,48,53);23-25,31,33-35H,10-22H2,1-9H3,(H,37,44)(H,38,45)/t;23?,24?,25-,31+,33+,34-,35+/m.0/s1. The number of ether oxygens (including phenoxy) is 9. The molecule has 7 amide bonds. The van der Waals surface area contributed by atoms with Gasteiger partial charge in [0.1, 0.15) is 29.0 Å². The van der Waals surface area contributed by atoms with Gasteiger partial charge in [-0.25, -0.2) is 19.2 Å². The van der Waals surface area contributed by atoms with Gasteiger partial charge in [-0.3, -0.25) is 38.4 Å². The molecule has 3 unspecified atom stereocenters. The summed E-state index contributed by atoms with van der Waals surface area (Å²) >= 11 is 0. The largest absolute Gasteiger partial charge is 0.462 e. The smallest absolute Gasteiger partial charge is 0.410 e. The Morgan fingerprint density at radius 1 is 0.358 bits per heavy atom. The molecule has 0 aromatic rings. The number of carbonyl (C=O) groups excluding carboxylic acids is 12. The highest BCUT2D eigenvalue weighted by molar-refractivity contribution is 5.85. The monoisotopic (exact) mass is 1560 g/mol. The Bertz CT molecular complexity index is 2580. The highest BCUT2D eigenvalue weighted by Crippen LogP contribution is 2.25. The van der Waals surface area contributed by atoms with Gasteiger partial charge >= 0.3 is 54.2 Å². The van der Waals surface area contributed by atoms with Crippen molar-refractivity contribution >= 4 is 71.9 Å². The Morgan fingerprint density at radius 2 is 0.734 bits per heavy atom. The molecule has 0 heterocycles. The van der Waals surface area contributed by atoms with Crippen LogP contribution in [0.1, 0.15) is 307 Å². The second-order valence-electron chi connectivity index (χ2n) is 33.2. The fourth-order valence-corrected chi connectivity index (χ4v) is 11.5. The summed E-state index contributed by atoms with van der Waals surface area (Å²) in [5, 5.41) is 13.9. The van der Waals surface area contributed by atoms with Gasteiger partial charge in [-0.1, -0.05) is 125 Å². The van der Waals surface area contributed by atoms with Crippen molar-refractivity contribution in [1.29, 1.82) is 0 Å². The lowest BCUT2D eigenvalue weighted by Crippen LogP contribution is -2.57. The second kappa shape index (κ2) is 57.0. The van der Waals surface area contributed by atoms with E-state index < -0.39 is 114 Å². The van der Waals surface area contributed by atoms with E-state index in [1.54, 1.807) is 9.80 Å². The Labute approximate surface area is 654 Å². The highest BCUT2D eigenvalue weighted by atomic mass is 16.6. The predicted molar refractivity (Wildman–Crippen MR) is 420 cm³/mol. The molecule has 634 valence electrons. The minimum Gasteiger partial charge on any atom is -0.462 e. The number of nitrogens with zero attached hydrogens (tertiary/aromatic N) is 2. The number of carbonyl (C=O) groups is 12. The molecule has 28 nitrogen and oxygen atoms in total. The Morgan fingerprint density at radius 3 is 1.17 bits per heavy atom. The molecule has 5 N–H and O–H groups in total. The molecule has 0 spiro atoms.